The molecule has 0 unspecified atom stereocenters. The van der Waals surface area contributed by atoms with Crippen LogP contribution in [0.4, 0.5) is 9.18 Å². The molecule has 1 aromatic heterocycles. The number of aromatic amines is 1. The van der Waals surface area contributed by atoms with Gasteiger partial charge in [-0.25, -0.2) is 14.0 Å². The normalized spacial score (nSPS) is 28.3. The Balaban J connectivity index is 1.58. The quantitative estimate of drug-likeness (QED) is 0.590. The molecule has 1 N–H and O–H groups in total. The monoisotopic (exact) mass is 408 g/mol. The number of carbonyl (C=O) groups is 1. The third-order valence-electron chi connectivity index (χ3n) is 4.31. The number of H-pyrrole nitrogens is 1. The lowest BCUT2D eigenvalue weighted by atomic mass is 10.1. The van der Waals surface area contributed by atoms with Crippen molar-refractivity contribution in [3.8, 4) is 0 Å². The zero-order valence-electron chi connectivity index (χ0n) is 14.1. The summed E-state index contributed by atoms with van der Waals surface area (Å²) in [5, 5.41) is 0.0210. The molecule has 0 aliphatic carbocycles. The standard InChI is InChI=1S/C17H13FN2O7S/c18-17(8-24-14(28)9-4-2-1-3-5-9)12-11(25-16(23)26-12)13(27-17)20-7-6-10(21)19-15(20)22/h1-7,11-13H,8H2,(H,19,21,22)/t11-,12+,13-,17-/m1/s1. The number of aromatic nitrogens is 2. The van der Waals surface area contributed by atoms with E-state index in [1.165, 1.54) is 0 Å². The molecule has 0 bridgehead atoms. The van der Waals surface area contributed by atoms with Crippen molar-refractivity contribution in [1.29, 1.82) is 0 Å². The Labute approximate surface area is 161 Å². The second-order valence-electron chi connectivity index (χ2n) is 6.13. The van der Waals surface area contributed by atoms with Crippen LogP contribution >= 0.6 is 12.2 Å². The number of thiocarbonyl (C=S) groups is 1. The van der Waals surface area contributed by atoms with Crippen LogP contribution in [-0.4, -0.2) is 45.4 Å². The maximum atomic E-state index is 15.5. The number of benzene rings is 1. The molecule has 3 heterocycles. The molecule has 4 atom stereocenters. The predicted octanol–water partition coefficient (Wildman–Crippen LogP) is 1.03. The fourth-order valence-electron chi connectivity index (χ4n) is 3.03. The van der Waals surface area contributed by atoms with E-state index in [4.69, 9.17) is 31.2 Å². The van der Waals surface area contributed by atoms with E-state index >= 15 is 4.39 Å². The highest BCUT2D eigenvalue weighted by atomic mass is 32.1. The molecule has 146 valence electrons. The number of fused-ring (bicyclic) bond motifs is 1. The first kappa shape index (κ1) is 18.3. The van der Waals surface area contributed by atoms with E-state index in [-0.39, 0.29) is 5.05 Å². The highest BCUT2D eigenvalue weighted by molar-refractivity contribution is 7.80. The van der Waals surface area contributed by atoms with Gasteiger partial charge in [-0.05, 0) is 12.2 Å². The van der Waals surface area contributed by atoms with Gasteiger partial charge in [-0.1, -0.05) is 30.3 Å². The molecule has 0 spiro atoms. The highest BCUT2D eigenvalue weighted by Crippen LogP contribution is 2.44. The summed E-state index contributed by atoms with van der Waals surface area (Å²) in [7, 11) is 0. The van der Waals surface area contributed by atoms with Crippen LogP contribution in [-0.2, 0) is 18.9 Å². The maximum absolute atomic E-state index is 15.5. The fourth-order valence-corrected chi connectivity index (χ4v) is 3.22. The number of halogens is 1. The van der Waals surface area contributed by atoms with Gasteiger partial charge in [0.25, 0.3) is 11.4 Å². The van der Waals surface area contributed by atoms with Gasteiger partial charge in [0, 0.05) is 17.8 Å². The Morgan fingerprint density at radius 1 is 1.21 bits per heavy atom. The molecule has 2 aliphatic rings. The minimum atomic E-state index is -2.63. The molecule has 4 rings (SSSR count). The van der Waals surface area contributed by atoms with E-state index in [2.05, 4.69) is 0 Å². The first-order valence-electron chi connectivity index (χ1n) is 8.15. The summed E-state index contributed by atoms with van der Waals surface area (Å²) >= 11 is 5.13. The molecule has 0 amide bonds. The molecule has 1 aromatic carbocycles. The number of hydrogen-bond donors (Lipinski definition) is 1. The number of rotatable bonds is 4. The van der Waals surface area contributed by atoms with Crippen molar-refractivity contribution in [2.24, 2.45) is 0 Å². The van der Waals surface area contributed by atoms with Crippen LogP contribution in [0.1, 0.15) is 11.8 Å². The van der Waals surface area contributed by atoms with Crippen LogP contribution in [0.15, 0.2) is 52.2 Å². The minimum Gasteiger partial charge on any atom is -0.477 e. The number of carbonyl (C=O) groups excluding carboxylic acids is 1. The lowest BCUT2D eigenvalue weighted by Crippen LogP contribution is -2.42. The molecule has 0 saturated carbocycles. The lowest BCUT2D eigenvalue weighted by molar-refractivity contribution is -0.208. The van der Waals surface area contributed by atoms with E-state index in [0.717, 1.165) is 16.8 Å². The molecule has 11 heteroatoms. The first-order valence-corrected chi connectivity index (χ1v) is 8.56. The van der Waals surface area contributed by atoms with Crippen molar-refractivity contribution in [3.05, 3.63) is 69.0 Å². The second-order valence-corrected chi connectivity index (χ2v) is 6.50. The van der Waals surface area contributed by atoms with E-state index in [9.17, 15) is 14.4 Å². The second kappa shape index (κ2) is 6.84. The predicted molar refractivity (Wildman–Crippen MR) is 94.5 cm³/mol. The van der Waals surface area contributed by atoms with Crippen LogP contribution in [0.5, 0.6) is 0 Å². The molecular weight excluding hydrogens is 395 g/mol. The SMILES string of the molecule is O=C1O[C@H]2[C@H](n3ccc(=O)[nH]c3=O)O[C@](F)(COC(=S)c3ccccc3)[C@H]2O1. The smallest absolute Gasteiger partial charge is 0.477 e. The lowest BCUT2D eigenvalue weighted by Gasteiger charge is -2.24. The van der Waals surface area contributed by atoms with Crippen molar-refractivity contribution in [3.63, 3.8) is 0 Å². The average molecular weight is 408 g/mol. The summed E-state index contributed by atoms with van der Waals surface area (Å²) in [5.74, 6) is -2.63. The zero-order chi connectivity index (χ0) is 19.9. The van der Waals surface area contributed by atoms with E-state index in [1.54, 1.807) is 30.3 Å². The van der Waals surface area contributed by atoms with Crippen LogP contribution in [0, 0.1) is 0 Å². The van der Waals surface area contributed by atoms with E-state index in [1.807, 2.05) is 4.98 Å². The van der Waals surface area contributed by atoms with Crippen molar-refractivity contribution in [2.75, 3.05) is 6.61 Å². The van der Waals surface area contributed by atoms with Gasteiger partial charge in [0.2, 0.25) is 6.10 Å². The zero-order valence-corrected chi connectivity index (χ0v) is 14.9. The van der Waals surface area contributed by atoms with E-state index < -0.39 is 48.3 Å². The molecule has 28 heavy (non-hydrogen) atoms. The molecule has 2 aromatic rings. The summed E-state index contributed by atoms with van der Waals surface area (Å²) in [4.78, 5) is 36.8. The van der Waals surface area contributed by atoms with E-state index in [0.29, 0.717) is 5.56 Å². The number of alkyl halides is 1. The van der Waals surface area contributed by atoms with Gasteiger partial charge in [-0.2, -0.15) is 0 Å². The number of hydrogen-bond acceptors (Lipinski definition) is 8. The van der Waals surface area contributed by atoms with Crippen molar-refractivity contribution in [2.45, 2.75) is 24.3 Å². The van der Waals surface area contributed by atoms with Gasteiger partial charge in [-0.3, -0.25) is 14.3 Å². The Bertz CT molecular complexity index is 1040. The molecule has 2 saturated heterocycles. The van der Waals surface area contributed by atoms with Crippen LogP contribution < -0.4 is 11.2 Å². The highest BCUT2D eigenvalue weighted by Gasteiger charge is 2.65. The third kappa shape index (κ3) is 3.18. The first-order chi connectivity index (χ1) is 13.4. The van der Waals surface area contributed by atoms with Gasteiger partial charge in [0.15, 0.2) is 24.0 Å². The average Bonchev–Trinajstić information content (AvgIpc) is 3.18. The molecular formula is C17H13FN2O7S. The summed E-state index contributed by atoms with van der Waals surface area (Å²) in [6, 6.07) is 9.69. The third-order valence-corrected chi connectivity index (χ3v) is 4.66. The van der Waals surface area contributed by atoms with Crippen LogP contribution in [0.3, 0.4) is 0 Å². The van der Waals surface area contributed by atoms with Crippen LogP contribution in [0.2, 0.25) is 0 Å². The van der Waals surface area contributed by atoms with Gasteiger partial charge in [-0.15, -0.1) is 0 Å². The fraction of sp³-hybridized carbons (Fsp3) is 0.294. The Morgan fingerprint density at radius 2 is 1.96 bits per heavy atom. The summed E-state index contributed by atoms with van der Waals surface area (Å²) in [5.41, 5.74) is -0.939. The van der Waals surface area contributed by atoms with Crippen molar-refractivity contribution < 1.29 is 28.1 Å². The maximum Gasteiger partial charge on any atom is 0.509 e. The summed E-state index contributed by atoms with van der Waals surface area (Å²) in [6.07, 6.45) is -4.10. The van der Waals surface area contributed by atoms with Gasteiger partial charge >= 0.3 is 11.8 Å². The number of nitrogens with one attached hydrogen (secondary N) is 1. The van der Waals surface area contributed by atoms with Crippen molar-refractivity contribution in [1.82, 2.24) is 9.55 Å². The molecule has 0 radical (unpaired) electrons. The minimum absolute atomic E-state index is 0.0210. The Hall–Kier alpha value is -3.05. The molecule has 2 fully saturated rings. The van der Waals surface area contributed by atoms with Gasteiger partial charge in [0.1, 0.15) is 0 Å². The molecule has 9 nitrogen and oxygen atoms in total. The Kier molecular flexibility index (Phi) is 4.47. The topological polar surface area (TPSA) is 109 Å². The summed E-state index contributed by atoms with van der Waals surface area (Å²) in [6.45, 7) is -0.701. The summed E-state index contributed by atoms with van der Waals surface area (Å²) < 4.78 is 36.9. The largest absolute Gasteiger partial charge is 0.509 e. The molecule has 2 aliphatic heterocycles. The van der Waals surface area contributed by atoms with Crippen molar-refractivity contribution >= 4 is 23.4 Å². The van der Waals surface area contributed by atoms with Gasteiger partial charge in [0.05, 0.1) is 0 Å². The number of ether oxygens (including phenoxy) is 4. The number of nitrogens with zero attached hydrogens (tertiary/aromatic N) is 1. The Morgan fingerprint density at radius 3 is 2.68 bits per heavy atom. The van der Waals surface area contributed by atoms with Crippen LogP contribution in [0.25, 0.3) is 0 Å². The van der Waals surface area contributed by atoms with Gasteiger partial charge < -0.3 is 18.9 Å².